The van der Waals surface area contributed by atoms with Crippen LogP contribution in [0.25, 0.3) is 0 Å². The van der Waals surface area contributed by atoms with Crippen LogP contribution in [0.15, 0.2) is 83.0 Å². The molecule has 0 radical (unpaired) electrons. The van der Waals surface area contributed by atoms with Gasteiger partial charge in [0.2, 0.25) is 5.91 Å². The molecule has 3 aromatic carbocycles. The molecule has 9 nitrogen and oxygen atoms in total. The van der Waals surface area contributed by atoms with Crippen molar-refractivity contribution in [3.63, 3.8) is 0 Å². The number of carbonyl (C=O) groups is 1. The Kier molecular flexibility index (Phi) is 7.74. The molecular formula is C25H22N4O5S. The van der Waals surface area contributed by atoms with E-state index in [-0.39, 0.29) is 11.6 Å². The van der Waals surface area contributed by atoms with Crippen LogP contribution in [-0.4, -0.2) is 34.6 Å². The van der Waals surface area contributed by atoms with Gasteiger partial charge in [-0.2, -0.15) is 5.10 Å². The minimum absolute atomic E-state index is 0.00342. The van der Waals surface area contributed by atoms with Crippen molar-refractivity contribution in [1.29, 1.82) is 0 Å². The number of rotatable bonds is 9. The highest BCUT2D eigenvalue weighted by Crippen LogP contribution is 2.29. The smallest absolute Gasteiger partial charge is 0.269 e. The molecule has 1 aliphatic rings. The first kappa shape index (κ1) is 24.0. The maximum Gasteiger partial charge on any atom is 0.269 e. The van der Waals surface area contributed by atoms with E-state index in [0.717, 1.165) is 11.1 Å². The standard InChI is InChI=1S/C25H22N4O5S/c1-33-22-13-19(10-11-21(22)34-16-17-6-3-2-4-7-17)15-26-28-25-27-24(30)23(35-25)14-18-8-5-9-20(12-18)29(31)32/h2-13,15,23H,14,16H2,1H3,(H,27,28,30)/b26-15+. The fraction of sp³-hybridized carbons (Fsp3) is 0.160. The highest BCUT2D eigenvalue weighted by atomic mass is 32.2. The summed E-state index contributed by atoms with van der Waals surface area (Å²) in [6.07, 6.45) is 1.90. The number of amides is 1. The van der Waals surface area contributed by atoms with Gasteiger partial charge in [0.15, 0.2) is 16.7 Å². The van der Waals surface area contributed by atoms with Gasteiger partial charge in [-0.05, 0) is 41.3 Å². The molecule has 1 atom stereocenters. The number of nitrogens with zero attached hydrogens (tertiary/aromatic N) is 3. The number of ether oxygens (including phenoxy) is 2. The third-order valence-electron chi connectivity index (χ3n) is 5.10. The summed E-state index contributed by atoms with van der Waals surface area (Å²) < 4.78 is 11.3. The first-order chi connectivity index (χ1) is 17.0. The van der Waals surface area contributed by atoms with Crippen LogP contribution < -0.4 is 14.8 Å². The fourth-order valence-corrected chi connectivity index (χ4v) is 4.33. The number of hydrogen-bond donors (Lipinski definition) is 1. The molecule has 0 saturated carbocycles. The second-order valence-corrected chi connectivity index (χ2v) is 8.75. The molecule has 1 heterocycles. The molecule has 1 fully saturated rings. The Morgan fingerprint density at radius 1 is 1.06 bits per heavy atom. The van der Waals surface area contributed by atoms with E-state index in [4.69, 9.17) is 9.47 Å². The van der Waals surface area contributed by atoms with Crippen molar-refractivity contribution in [2.24, 2.45) is 10.2 Å². The summed E-state index contributed by atoms with van der Waals surface area (Å²) in [7, 11) is 1.57. The van der Waals surface area contributed by atoms with Gasteiger partial charge in [-0.1, -0.05) is 54.2 Å². The molecular weight excluding hydrogens is 468 g/mol. The van der Waals surface area contributed by atoms with E-state index in [0.29, 0.717) is 35.3 Å². The second kappa shape index (κ2) is 11.3. The van der Waals surface area contributed by atoms with E-state index in [1.807, 2.05) is 36.4 Å². The van der Waals surface area contributed by atoms with Crippen LogP contribution in [0.3, 0.4) is 0 Å². The number of methoxy groups -OCH3 is 1. The average Bonchev–Trinajstić information content (AvgIpc) is 3.22. The zero-order chi connectivity index (χ0) is 24.6. The third-order valence-corrected chi connectivity index (χ3v) is 6.17. The SMILES string of the molecule is COc1cc(/C=N/N=C2\NC(=O)C(Cc3cccc([N+](=O)[O-])c3)S2)ccc1OCc1ccccc1. The zero-order valence-corrected chi connectivity index (χ0v) is 19.6. The summed E-state index contributed by atoms with van der Waals surface area (Å²) in [5.74, 6) is 0.970. The summed E-state index contributed by atoms with van der Waals surface area (Å²) in [4.78, 5) is 22.8. The Morgan fingerprint density at radius 2 is 1.86 bits per heavy atom. The van der Waals surface area contributed by atoms with Crippen molar-refractivity contribution < 1.29 is 19.2 Å². The van der Waals surface area contributed by atoms with Gasteiger partial charge in [-0.3, -0.25) is 14.9 Å². The maximum atomic E-state index is 12.3. The van der Waals surface area contributed by atoms with Crippen LogP contribution in [0.1, 0.15) is 16.7 Å². The predicted molar refractivity (Wildman–Crippen MR) is 135 cm³/mol. The van der Waals surface area contributed by atoms with Crippen LogP contribution in [0.4, 0.5) is 5.69 Å². The highest BCUT2D eigenvalue weighted by molar-refractivity contribution is 8.15. The first-order valence-electron chi connectivity index (χ1n) is 10.7. The molecule has 3 aromatic rings. The number of nitro benzene ring substituents is 1. The van der Waals surface area contributed by atoms with E-state index in [2.05, 4.69) is 15.5 Å². The van der Waals surface area contributed by atoms with E-state index in [9.17, 15) is 14.9 Å². The summed E-state index contributed by atoms with van der Waals surface area (Å²) in [6, 6.07) is 21.5. The van der Waals surface area contributed by atoms with Gasteiger partial charge >= 0.3 is 0 Å². The number of non-ortho nitro benzene ring substituents is 1. The molecule has 0 spiro atoms. The number of nitro groups is 1. The van der Waals surface area contributed by atoms with Crippen LogP contribution in [0.2, 0.25) is 0 Å². The average molecular weight is 491 g/mol. The normalized spacial score (nSPS) is 16.4. The molecule has 0 bridgehead atoms. The number of carbonyl (C=O) groups excluding carboxylic acids is 1. The zero-order valence-electron chi connectivity index (χ0n) is 18.8. The molecule has 0 aliphatic carbocycles. The Morgan fingerprint density at radius 3 is 2.63 bits per heavy atom. The van der Waals surface area contributed by atoms with E-state index in [1.165, 1.54) is 23.9 Å². The molecule has 1 amide bonds. The topological polar surface area (TPSA) is 115 Å². The molecule has 1 N–H and O–H groups in total. The molecule has 4 rings (SSSR count). The first-order valence-corrected chi connectivity index (χ1v) is 11.6. The number of nitrogens with one attached hydrogen (secondary N) is 1. The maximum absolute atomic E-state index is 12.3. The number of benzene rings is 3. The van der Waals surface area contributed by atoms with Crippen molar-refractivity contribution in [3.8, 4) is 11.5 Å². The van der Waals surface area contributed by atoms with Gasteiger partial charge in [0.05, 0.1) is 23.5 Å². The molecule has 1 aliphatic heterocycles. The minimum Gasteiger partial charge on any atom is -0.493 e. The van der Waals surface area contributed by atoms with Gasteiger partial charge in [0.1, 0.15) is 6.61 Å². The summed E-state index contributed by atoms with van der Waals surface area (Å²) in [5.41, 5.74) is 2.51. The number of hydrogen-bond acceptors (Lipinski definition) is 8. The molecule has 0 aromatic heterocycles. The molecule has 35 heavy (non-hydrogen) atoms. The Balaban J connectivity index is 1.37. The van der Waals surface area contributed by atoms with Gasteiger partial charge < -0.3 is 14.8 Å². The summed E-state index contributed by atoms with van der Waals surface area (Å²) >= 11 is 1.24. The number of thioether (sulfide) groups is 1. The molecule has 178 valence electrons. The quantitative estimate of drug-likeness (QED) is 0.271. The van der Waals surface area contributed by atoms with Gasteiger partial charge in [0, 0.05) is 12.1 Å². The van der Waals surface area contributed by atoms with Crippen LogP contribution in [-0.2, 0) is 17.8 Å². The van der Waals surface area contributed by atoms with Gasteiger partial charge in [-0.25, -0.2) is 0 Å². The van der Waals surface area contributed by atoms with Crippen LogP contribution in [0.5, 0.6) is 11.5 Å². The minimum atomic E-state index is -0.454. The lowest BCUT2D eigenvalue weighted by molar-refractivity contribution is -0.384. The van der Waals surface area contributed by atoms with Crippen molar-refractivity contribution in [1.82, 2.24) is 5.32 Å². The Hall–Kier alpha value is -4.18. The van der Waals surface area contributed by atoms with Crippen LogP contribution >= 0.6 is 11.8 Å². The van der Waals surface area contributed by atoms with E-state index >= 15 is 0 Å². The Labute approximate surface area is 206 Å². The fourth-order valence-electron chi connectivity index (χ4n) is 3.36. The second-order valence-electron chi connectivity index (χ2n) is 7.56. The molecule has 1 unspecified atom stereocenters. The summed E-state index contributed by atoms with van der Waals surface area (Å²) in [5, 5.41) is 21.8. The lowest BCUT2D eigenvalue weighted by Gasteiger charge is -2.11. The third kappa shape index (κ3) is 6.45. The largest absolute Gasteiger partial charge is 0.493 e. The predicted octanol–water partition coefficient (Wildman–Crippen LogP) is 4.35. The van der Waals surface area contributed by atoms with Crippen molar-refractivity contribution in [3.05, 3.63) is 99.6 Å². The molecule has 1 saturated heterocycles. The number of amidine groups is 1. The van der Waals surface area contributed by atoms with Gasteiger partial charge in [0.25, 0.3) is 5.69 Å². The lowest BCUT2D eigenvalue weighted by atomic mass is 10.1. The van der Waals surface area contributed by atoms with Crippen LogP contribution in [0, 0.1) is 10.1 Å². The Bertz CT molecular complexity index is 1280. The van der Waals surface area contributed by atoms with E-state index < -0.39 is 10.2 Å². The van der Waals surface area contributed by atoms with Crippen molar-refractivity contribution in [2.45, 2.75) is 18.3 Å². The molecule has 10 heteroatoms. The van der Waals surface area contributed by atoms with Gasteiger partial charge in [-0.15, -0.1) is 5.10 Å². The highest BCUT2D eigenvalue weighted by Gasteiger charge is 2.30. The van der Waals surface area contributed by atoms with Crippen molar-refractivity contribution in [2.75, 3.05) is 7.11 Å². The monoisotopic (exact) mass is 490 g/mol. The van der Waals surface area contributed by atoms with E-state index in [1.54, 1.807) is 37.6 Å². The summed E-state index contributed by atoms with van der Waals surface area (Å²) in [6.45, 7) is 0.423. The van der Waals surface area contributed by atoms with Crippen molar-refractivity contribution >= 4 is 34.7 Å². The lowest BCUT2D eigenvalue weighted by Crippen LogP contribution is -2.25.